The third kappa shape index (κ3) is 2.63. The van der Waals surface area contributed by atoms with Crippen LogP contribution in [0.1, 0.15) is 35.5 Å². The quantitative estimate of drug-likeness (QED) is 0.701. The topological polar surface area (TPSA) is 56.1 Å². The molecule has 1 saturated heterocycles. The van der Waals surface area contributed by atoms with Gasteiger partial charge in [0.25, 0.3) is 0 Å². The molecule has 0 bridgehead atoms. The van der Waals surface area contributed by atoms with Gasteiger partial charge in [0.1, 0.15) is 5.82 Å². The fourth-order valence-corrected chi connectivity index (χ4v) is 4.32. The van der Waals surface area contributed by atoms with Crippen LogP contribution in [0.4, 0.5) is 5.95 Å². The first-order valence-electron chi connectivity index (χ1n) is 9.49. The first kappa shape index (κ1) is 16.4. The number of hydrogen-bond donors (Lipinski definition) is 0. The molecule has 6 heteroatoms. The number of pyridine rings is 1. The molecule has 1 aromatic carbocycles. The standard InChI is InChI=1S/C21H23N5O/c1-15-7-8-18(13-22-15)26-16(2)23-24-20(26)25-11-9-21(10-12-25)19-6-4-3-5-17(19)14-27-21/h3-8,13H,9-12,14H2,1-2H3. The minimum absolute atomic E-state index is 0.140. The first-order valence-corrected chi connectivity index (χ1v) is 9.49. The van der Waals surface area contributed by atoms with E-state index in [0.29, 0.717) is 0 Å². The molecule has 2 aromatic heterocycles. The van der Waals surface area contributed by atoms with E-state index in [1.807, 2.05) is 26.1 Å². The van der Waals surface area contributed by atoms with Crippen LogP contribution in [0, 0.1) is 13.8 Å². The number of fused-ring (bicyclic) bond motifs is 2. The zero-order valence-corrected chi connectivity index (χ0v) is 15.7. The van der Waals surface area contributed by atoms with Crippen LogP contribution in [-0.2, 0) is 16.9 Å². The van der Waals surface area contributed by atoms with E-state index in [9.17, 15) is 0 Å². The zero-order valence-electron chi connectivity index (χ0n) is 15.7. The average Bonchev–Trinajstić information content (AvgIpc) is 3.25. The molecule has 27 heavy (non-hydrogen) atoms. The molecule has 0 aliphatic carbocycles. The predicted molar refractivity (Wildman–Crippen MR) is 103 cm³/mol. The molecule has 0 unspecified atom stereocenters. The van der Waals surface area contributed by atoms with E-state index in [1.165, 1.54) is 11.1 Å². The van der Waals surface area contributed by atoms with Gasteiger partial charge in [0.05, 0.1) is 24.1 Å². The number of anilines is 1. The molecule has 3 aromatic rings. The maximum atomic E-state index is 6.29. The fourth-order valence-electron chi connectivity index (χ4n) is 4.32. The largest absolute Gasteiger partial charge is 0.365 e. The summed E-state index contributed by atoms with van der Waals surface area (Å²) in [5, 5.41) is 8.80. The molecule has 138 valence electrons. The van der Waals surface area contributed by atoms with Crippen LogP contribution >= 0.6 is 0 Å². The number of nitrogens with zero attached hydrogens (tertiary/aromatic N) is 5. The van der Waals surface area contributed by atoms with Crippen LogP contribution in [-0.4, -0.2) is 32.8 Å². The SMILES string of the molecule is Cc1ccc(-n2c(C)nnc2N2CCC3(CC2)OCc2ccccc23)cn1. The van der Waals surface area contributed by atoms with Crippen molar-refractivity contribution in [2.45, 2.75) is 38.9 Å². The number of benzene rings is 1. The maximum absolute atomic E-state index is 6.29. The van der Waals surface area contributed by atoms with E-state index in [-0.39, 0.29) is 5.60 Å². The molecule has 0 atom stereocenters. The Labute approximate surface area is 158 Å². The van der Waals surface area contributed by atoms with E-state index in [2.05, 4.69) is 55.0 Å². The van der Waals surface area contributed by atoms with E-state index >= 15 is 0 Å². The van der Waals surface area contributed by atoms with Crippen LogP contribution < -0.4 is 4.90 Å². The fraction of sp³-hybridized carbons (Fsp3) is 0.381. The smallest absolute Gasteiger partial charge is 0.231 e. The van der Waals surface area contributed by atoms with Crippen LogP contribution in [0.25, 0.3) is 5.69 Å². The minimum atomic E-state index is -0.140. The number of piperidine rings is 1. The van der Waals surface area contributed by atoms with Gasteiger partial charge in [-0.3, -0.25) is 9.55 Å². The lowest BCUT2D eigenvalue weighted by atomic mass is 9.84. The van der Waals surface area contributed by atoms with Gasteiger partial charge in [0.2, 0.25) is 5.95 Å². The van der Waals surface area contributed by atoms with Crippen molar-refractivity contribution in [3.05, 3.63) is 65.2 Å². The summed E-state index contributed by atoms with van der Waals surface area (Å²) in [6.07, 6.45) is 3.81. The zero-order chi connectivity index (χ0) is 18.4. The molecule has 0 radical (unpaired) electrons. The molecule has 0 N–H and O–H groups in total. The number of hydrogen-bond acceptors (Lipinski definition) is 5. The lowest BCUT2D eigenvalue weighted by Gasteiger charge is -2.39. The van der Waals surface area contributed by atoms with Gasteiger partial charge >= 0.3 is 0 Å². The highest BCUT2D eigenvalue weighted by molar-refractivity contribution is 5.45. The molecular weight excluding hydrogens is 338 g/mol. The van der Waals surface area contributed by atoms with Gasteiger partial charge < -0.3 is 9.64 Å². The van der Waals surface area contributed by atoms with Crippen molar-refractivity contribution in [1.82, 2.24) is 19.7 Å². The average molecular weight is 361 g/mol. The molecule has 1 fully saturated rings. The third-order valence-corrected chi connectivity index (χ3v) is 5.83. The summed E-state index contributed by atoms with van der Waals surface area (Å²) >= 11 is 0. The van der Waals surface area contributed by atoms with Crippen LogP contribution in [0.15, 0.2) is 42.6 Å². The summed E-state index contributed by atoms with van der Waals surface area (Å²) in [5.74, 6) is 1.76. The molecule has 5 rings (SSSR count). The van der Waals surface area contributed by atoms with Crippen molar-refractivity contribution in [2.24, 2.45) is 0 Å². The second-order valence-electron chi connectivity index (χ2n) is 7.47. The molecule has 0 amide bonds. The van der Waals surface area contributed by atoms with E-state index in [4.69, 9.17) is 4.74 Å². The van der Waals surface area contributed by atoms with Crippen LogP contribution in [0.2, 0.25) is 0 Å². The van der Waals surface area contributed by atoms with E-state index < -0.39 is 0 Å². The monoisotopic (exact) mass is 361 g/mol. The Morgan fingerprint density at radius 2 is 1.81 bits per heavy atom. The van der Waals surface area contributed by atoms with Crippen molar-refractivity contribution in [3.63, 3.8) is 0 Å². The van der Waals surface area contributed by atoms with E-state index in [1.54, 1.807) is 0 Å². The van der Waals surface area contributed by atoms with Gasteiger partial charge in [-0.05, 0) is 49.9 Å². The van der Waals surface area contributed by atoms with Crippen molar-refractivity contribution in [3.8, 4) is 5.69 Å². The van der Waals surface area contributed by atoms with Gasteiger partial charge in [-0.15, -0.1) is 10.2 Å². The molecule has 1 spiro atoms. The molecular formula is C21H23N5O. The number of aromatic nitrogens is 4. The number of rotatable bonds is 2. The second-order valence-corrected chi connectivity index (χ2v) is 7.47. The molecule has 6 nitrogen and oxygen atoms in total. The lowest BCUT2D eigenvalue weighted by Crippen LogP contribution is -2.43. The summed E-state index contributed by atoms with van der Waals surface area (Å²) in [6, 6.07) is 12.7. The minimum Gasteiger partial charge on any atom is -0.365 e. The summed E-state index contributed by atoms with van der Waals surface area (Å²) in [6.45, 7) is 6.49. The van der Waals surface area contributed by atoms with Crippen molar-refractivity contribution < 1.29 is 4.74 Å². The lowest BCUT2D eigenvalue weighted by molar-refractivity contribution is -0.0553. The van der Waals surface area contributed by atoms with Crippen molar-refractivity contribution >= 4 is 5.95 Å². The molecule has 2 aliphatic heterocycles. The second kappa shape index (κ2) is 6.16. The van der Waals surface area contributed by atoms with Gasteiger partial charge in [0, 0.05) is 18.8 Å². The number of aryl methyl sites for hydroxylation is 2. The Balaban J connectivity index is 1.42. The highest BCUT2D eigenvalue weighted by atomic mass is 16.5. The molecule has 0 saturated carbocycles. The highest BCUT2D eigenvalue weighted by Crippen LogP contribution is 2.44. The summed E-state index contributed by atoms with van der Waals surface area (Å²) in [7, 11) is 0. The van der Waals surface area contributed by atoms with Gasteiger partial charge in [-0.1, -0.05) is 24.3 Å². The Bertz CT molecular complexity index is 970. The Hall–Kier alpha value is -2.73. The Morgan fingerprint density at radius 3 is 2.59 bits per heavy atom. The van der Waals surface area contributed by atoms with E-state index in [0.717, 1.165) is 55.7 Å². The first-order chi connectivity index (χ1) is 13.2. The number of ether oxygens (including phenoxy) is 1. The van der Waals surface area contributed by atoms with Crippen LogP contribution in [0.3, 0.4) is 0 Å². The Morgan fingerprint density at radius 1 is 1.00 bits per heavy atom. The van der Waals surface area contributed by atoms with Gasteiger partial charge in [-0.2, -0.15) is 0 Å². The predicted octanol–water partition coefficient (Wildman–Crippen LogP) is 3.31. The van der Waals surface area contributed by atoms with Gasteiger partial charge in [-0.25, -0.2) is 0 Å². The van der Waals surface area contributed by atoms with Crippen molar-refractivity contribution in [1.29, 1.82) is 0 Å². The van der Waals surface area contributed by atoms with Crippen LogP contribution in [0.5, 0.6) is 0 Å². The Kier molecular flexibility index (Phi) is 3.75. The highest BCUT2D eigenvalue weighted by Gasteiger charge is 2.43. The maximum Gasteiger partial charge on any atom is 0.231 e. The third-order valence-electron chi connectivity index (χ3n) is 5.83. The van der Waals surface area contributed by atoms with Crippen molar-refractivity contribution in [2.75, 3.05) is 18.0 Å². The normalized spacial score (nSPS) is 18.1. The molecule has 2 aliphatic rings. The summed E-state index contributed by atoms with van der Waals surface area (Å²) in [4.78, 5) is 6.75. The van der Waals surface area contributed by atoms with Gasteiger partial charge in [0.15, 0.2) is 0 Å². The summed E-state index contributed by atoms with van der Waals surface area (Å²) in [5.41, 5.74) is 4.56. The summed E-state index contributed by atoms with van der Waals surface area (Å²) < 4.78 is 8.38. The molecule has 4 heterocycles.